The number of hydrogen-bond acceptors (Lipinski definition) is 6. The van der Waals surface area contributed by atoms with Gasteiger partial charge in [0.2, 0.25) is 10.0 Å². The summed E-state index contributed by atoms with van der Waals surface area (Å²) in [4.78, 5) is 15.8. The Morgan fingerprint density at radius 2 is 1.92 bits per heavy atom. The molecule has 0 unspecified atom stereocenters. The molecule has 0 saturated carbocycles. The molecule has 142 valence electrons. The predicted octanol–water partition coefficient (Wildman–Crippen LogP) is 2.34. The molecule has 1 aromatic rings. The normalized spacial score (nSPS) is 16.9. The molecular formula is C15H24BrN3O4S2. The highest BCUT2D eigenvalue weighted by Crippen LogP contribution is 2.25. The molecule has 1 aliphatic rings. The second-order valence-electron chi connectivity index (χ2n) is 6.77. The van der Waals surface area contributed by atoms with Crippen LogP contribution in [0.5, 0.6) is 0 Å². The lowest BCUT2D eigenvalue weighted by molar-refractivity contribution is 0.0147. The molecule has 10 heteroatoms. The Kier molecular flexibility index (Phi) is 6.88. The number of carbonyl (C=O) groups excluding carboxylic acids is 1. The average molecular weight is 454 g/mol. The van der Waals surface area contributed by atoms with E-state index in [4.69, 9.17) is 4.74 Å². The highest BCUT2D eigenvalue weighted by molar-refractivity contribution is 9.11. The molecule has 0 aliphatic carbocycles. The van der Waals surface area contributed by atoms with Crippen LogP contribution in [0, 0.1) is 0 Å². The summed E-state index contributed by atoms with van der Waals surface area (Å²) in [5, 5.41) is 0. The summed E-state index contributed by atoms with van der Waals surface area (Å²) >= 11 is 4.45. The Bertz CT molecular complexity index is 692. The van der Waals surface area contributed by atoms with Crippen LogP contribution in [-0.2, 0) is 14.8 Å². The number of ether oxygens (including phenoxy) is 1. The standard InChI is InChI=1S/C15H24BrN3O4S2/c1-15(2,3)23-14(20)19-10-8-18(9-11-19)7-6-17-25(21,22)13-5-4-12(16)24-13/h4-5,17H,6-11H2,1-3H3. The van der Waals surface area contributed by atoms with E-state index in [2.05, 4.69) is 25.6 Å². The summed E-state index contributed by atoms with van der Waals surface area (Å²) in [5.74, 6) is 0. The van der Waals surface area contributed by atoms with Crippen molar-refractivity contribution in [2.45, 2.75) is 30.6 Å². The zero-order valence-corrected chi connectivity index (χ0v) is 17.8. The Hall–Kier alpha value is -0.680. The summed E-state index contributed by atoms with van der Waals surface area (Å²) in [6.07, 6.45) is -0.295. The minimum atomic E-state index is -3.46. The molecule has 1 amide bonds. The molecule has 1 N–H and O–H groups in total. The van der Waals surface area contributed by atoms with E-state index in [0.717, 1.165) is 3.79 Å². The quantitative estimate of drug-likeness (QED) is 0.739. The van der Waals surface area contributed by atoms with Crippen molar-refractivity contribution in [1.82, 2.24) is 14.5 Å². The van der Waals surface area contributed by atoms with Crippen LogP contribution in [0.1, 0.15) is 20.8 Å². The van der Waals surface area contributed by atoms with Gasteiger partial charge in [0.1, 0.15) is 9.81 Å². The molecule has 0 radical (unpaired) electrons. The smallest absolute Gasteiger partial charge is 0.410 e. The Labute approximate surface area is 161 Å². The van der Waals surface area contributed by atoms with Gasteiger partial charge in [-0.3, -0.25) is 4.90 Å². The number of piperazine rings is 1. The number of nitrogens with one attached hydrogen (secondary N) is 1. The van der Waals surface area contributed by atoms with E-state index in [9.17, 15) is 13.2 Å². The average Bonchev–Trinajstić information content (AvgIpc) is 2.93. The van der Waals surface area contributed by atoms with Crippen LogP contribution < -0.4 is 4.72 Å². The molecule has 7 nitrogen and oxygen atoms in total. The highest BCUT2D eigenvalue weighted by Gasteiger charge is 2.26. The molecular weight excluding hydrogens is 430 g/mol. The maximum Gasteiger partial charge on any atom is 0.410 e. The summed E-state index contributed by atoms with van der Waals surface area (Å²) < 4.78 is 33.4. The van der Waals surface area contributed by atoms with Gasteiger partial charge in [0.25, 0.3) is 0 Å². The third-order valence-corrected chi connectivity index (χ3v) is 7.13. The Morgan fingerprint density at radius 3 is 2.44 bits per heavy atom. The SMILES string of the molecule is CC(C)(C)OC(=O)N1CCN(CCNS(=O)(=O)c2ccc(Br)s2)CC1. The molecule has 25 heavy (non-hydrogen) atoms. The maximum absolute atomic E-state index is 12.2. The topological polar surface area (TPSA) is 79.0 Å². The van der Waals surface area contributed by atoms with Crippen LogP contribution in [0.4, 0.5) is 4.79 Å². The van der Waals surface area contributed by atoms with Gasteiger partial charge in [-0.1, -0.05) is 0 Å². The number of rotatable bonds is 5. The fourth-order valence-corrected chi connectivity index (χ4v) is 5.41. The van der Waals surface area contributed by atoms with Gasteiger partial charge >= 0.3 is 6.09 Å². The summed E-state index contributed by atoms with van der Waals surface area (Å²) in [6, 6.07) is 3.30. The van der Waals surface area contributed by atoms with Crippen molar-refractivity contribution in [2.75, 3.05) is 39.3 Å². The number of halogens is 1. The van der Waals surface area contributed by atoms with Gasteiger partial charge in [0.05, 0.1) is 3.79 Å². The van der Waals surface area contributed by atoms with Crippen LogP contribution in [-0.4, -0.2) is 69.2 Å². The van der Waals surface area contributed by atoms with Crippen LogP contribution >= 0.6 is 27.3 Å². The largest absolute Gasteiger partial charge is 0.444 e. The fraction of sp³-hybridized carbons (Fsp3) is 0.667. The zero-order valence-electron chi connectivity index (χ0n) is 14.6. The van der Waals surface area contributed by atoms with Crippen molar-refractivity contribution in [3.8, 4) is 0 Å². The van der Waals surface area contributed by atoms with Gasteiger partial charge in [-0.2, -0.15) is 0 Å². The van der Waals surface area contributed by atoms with Crippen molar-refractivity contribution in [3.63, 3.8) is 0 Å². The minimum Gasteiger partial charge on any atom is -0.444 e. The van der Waals surface area contributed by atoms with Gasteiger partial charge in [-0.05, 0) is 48.8 Å². The minimum absolute atomic E-state index is 0.295. The van der Waals surface area contributed by atoms with Crippen LogP contribution in [0.3, 0.4) is 0 Å². The van der Waals surface area contributed by atoms with E-state index in [1.165, 1.54) is 11.3 Å². The van der Waals surface area contributed by atoms with Crippen molar-refractivity contribution < 1.29 is 17.9 Å². The maximum atomic E-state index is 12.2. The third-order valence-electron chi connectivity index (χ3n) is 3.56. The second-order valence-corrected chi connectivity index (χ2v) is 11.2. The number of hydrogen-bond donors (Lipinski definition) is 1. The first kappa shape index (κ1) is 20.6. The van der Waals surface area contributed by atoms with Crippen LogP contribution in [0.2, 0.25) is 0 Å². The molecule has 0 aromatic carbocycles. The molecule has 2 rings (SSSR count). The van der Waals surface area contributed by atoms with Crippen molar-refractivity contribution in [1.29, 1.82) is 0 Å². The van der Waals surface area contributed by atoms with E-state index in [-0.39, 0.29) is 6.09 Å². The molecule has 1 fully saturated rings. The first-order valence-electron chi connectivity index (χ1n) is 8.02. The lowest BCUT2D eigenvalue weighted by atomic mass is 10.2. The molecule has 1 aliphatic heterocycles. The van der Waals surface area contributed by atoms with Gasteiger partial charge in [-0.15, -0.1) is 11.3 Å². The van der Waals surface area contributed by atoms with Crippen molar-refractivity contribution >= 4 is 43.4 Å². The van der Waals surface area contributed by atoms with E-state index >= 15 is 0 Å². The molecule has 0 spiro atoms. The molecule has 1 aromatic heterocycles. The summed E-state index contributed by atoms with van der Waals surface area (Å²) in [5.41, 5.74) is -0.497. The lowest BCUT2D eigenvalue weighted by Gasteiger charge is -2.35. The lowest BCUT2D eigenvalue weighted by Crippen LogP contribution is -2.51. The van der Waals surface area contributed by atoms with Crippen LogP contribution in [0.15, 0.2) is 20.1 Å². The first-order valence-corrected chi connectivity index (χ1v) is 11.1. The van der Waals surface area contributed by atoms with Gasteiger partial charge < -0.3 is 9.64 Å². The fourth-order valence-electron chi connectivity index (χ4n) is 2.33. The Morgan fingerprint density at radius 1 is 1.28 bits per heavy atom. The second kappa shape index (κ2) is 8.34. The number of carbonyl (C=O) groups is 1. The molecule has 2 heterocycles. The first-order chi connectivity index (χ1) is 11.6. The van der Waals surface area contributed by atoms with E-state index in [0.29, 0.717) is 43.5 Å². The highest BCUT2D eigenvalue weighted by atomic mass is 79.9. The van der Waals surface area contributed by atoms with E-state index in [1.54, 1.807) is 17.0 Å². The monoisotopic (exact) mass is 453 g/mol. The summed E-state index contributed by atoms with van der Waals surface area (Å²) in [6.45, 7) is 9.05. The molecule has 0 atom stereocenters. The zero-order chi connectivity index (χ0) is 18.7. The van der Waals surface area contributed by atoms with Gasteiger partial charge in [-0.25, -0.2) is 17.9 Å². The van der Waals surface area contributed by atoms with E-state index < -0.39 is 15.6 Å². The van der Waals surface area contributed by atoms with Gasteiger partial charge in [0.15, 0.2) is 0 Å². The van der Waals surface area contributed by atoms with Gasteiger partial charge in [0, 0.05) is 39.3 Å². The number of amides is 1. The molecule has 1 saturated heterocycles. The van der Waals surface area contributed by atoms with Crippen molar-refractivity contribution in [3.05, 3.63) is 15.9 Å². The summed E-state index contributed by atoms with van der Waals surface area (Å²) in [7, 11) is -3.46. The molecule has 0 bridgehead atoms. The van der Waals surface area contributed by atoms with E-state index in [1.807, 2.05) is 20.8 Å². The number of nitrogens with zero attached hydrogens (tertiary/aromatic N) is 2. The van der Waals surface area contributed by atoms with Crippen LogP contribution in [0.25, 0.3) is 0 Å². The Balaban J connectivity index is 1.73. The third kappa shape index (κ3) is 6.52. The predicted molar refractivity (Wildman–Crippen MR) is 101 cm³/mol. The van der Waals surface area contributed by atoms with Crippen molar-refractivity contribution in [2.24, 2.45) is 0 Å². The number of sulfonamides is 1. The number of thiophene rings is 1.